The van der Waals surface area contributed by atoms with Gasteiger partial charge in [-0.1, -0.05) is 0 Å². The van der Waals surface area contributed by atoms with Crippen molar-refractivity contribution in [2.45, 2.75) is 18.4 Å². The molecule has 98 valence electrons. The molecule has 2 heterocycles. The Morgan fingerprint density at radius 1 is 1.50 bits per heavy atom. The minimum absolute atomic E-state index is 0.108. The van der Waals surface area contributed by atoms with E-state index < -0.39 is 5.54 Å². The molecule has 6 heteroatoms. The third-order valence-corrected chi connectivity index (χ3v) is 3.29. The molecule has 4 N–H and O–H groups in total. The monoisotopic (exact) mass is 251 g/mol. The first-order chi connectivity index (χ1) is 8.67. The van der Waals surface area contributed by atoms with Crippen LogP contribution in [0.4, 0.5) is 0 Å². The minimum atomic E-state index is -0.461. The topological polar surface area (TPSA) is 97.2 Å². The van der Waals surface area contributed by atoms with Gasteiger partial charge in [0.05, 0.1) is 5.54 Å². The molecule has 1 saturated heterocycles. The molecular formula is C12H17N3O3. The number of pyridine rings is 1. The Morgan fingerprint density at radius 3 is 2.83 bits per heavy atom. The van der Waals surface area contributed by atoms with Crippen molar-refractivity contribution in [2.24, 2.45) is 5.73 Å². The third-order valence-electron chi connectivity index (χ3n) is 3.29. The number of carbonyl (C=O) groups is 1. The zero-order valence-corrected chi connectivity index (χ0v) is 10.1. The Balaban J connectivity index is 2.15. The number of aromatic amines is 1. The van der Waals surface area contributed by atoms with Crippen LogP contribution in [0.2, 0.25) is 0 Å². The van der Waals surface area contributed by atoms with Crippen molar-refractivity contribution in [3.63, 3.8) is 0 Å². The normalized spacial score (nSPS) is 18.3. The van der Waals surface area contributed by atoms with E-state index in [9.17, 15) is 9.59 Å². The Hall–Kier alpha value is -1.66. The van der Waals surface area contributed by atoms with Gasteiger partial charge < -0.3 is 20.8 Å². The number of ether oxygens (including phenoxy) is 1. The summed E-state index contributed by atoms with van der Waals surface area (Å²) in [6, 6.07) is 1.33. The third kappa shape index (κ3) is 2.60. The van der Waals surface area contributed by atoms with Crippen LogP contribution in [0.25, 0.3) is 0 Å². The Labute approximate surface area is 105 Å². The number of H-pyrrole nitrogens is 1. The van der Waals surface area contributed by atoms with E-state index in [0.717, 1.165) is 0 Å². The molecule has 0 atom stereocenters. The molecule has 0 aromatic carbocycles. The number of hydrogen-bond acceptors (Lipinski definition) is 4. The Bertz CT molecular complexity index is 477. The van der Waals surface area contributed by atoms with E-state index in [4.69, 9.17) is 10.5 Å². The number of nitrogens with two attached hydrogens (primary N) is 1. The van der Waals surface area contributed by atoms with E-state index in [0.29, 0.717) is 32.6 Å². The molecule has 1 aromatic rings. The summed E-state index contributed by atoms with van der Waals surface area (Å²) in [5.74, 6) is -0.385. The summed E-state index contributed by atoms with van der Waals surface area (Å²) >= 11 is 0. The van der Waals surface area contributed by atoms with E-state index in [-0.39, 0.29) is 16.9 Å². The summed E-state index contributed by atoms with van der Waals surface area (Å²) in [6.45, 7) is 1.48. The summed E-state index contributed by atoms with van der Waals surface area (Å²) in [7, 11) is 0. The number of nitrogens with one attached hydrogen (secondary N) is 2. The lowest BCUT2D eigenvalue weighted by Gasteiger charge is -2.36. The SMILES string of the molecule is NCC1(NC(=O)c2c[nH]ccc2=O)CCOCC1. The van der Waals surface area contributed by atoms with Crippen LogP contribution in [0.3, 0.4) is 0 Å². The highest BCUT2D eigenvalue weighted by Crippen LogP contribution is 2.19. The van der Waals surface area contributed by atoms with Crippen LogP contribution < -0.4 is 16.5 Å². The van der Waals surface area contributed by atoms with Crippen LogP contribution in [0.5, 0.6) is 0 Å². The maximum atomic E-state index is 12.1. The zero-order valence-electron chi connectivity index (χ0n) is 10.1. The van der Waals surface area contributed by atoms with Gasteiger partial charge in [0.2, 0.25) is 0 Å². The van der Waals surface area contributed by atoms with Crippen molar-refractivity contribution in [2.75, 3.05) is 19.8 Å². The summed E-state index contributed by atoms with van der Waals surface area (Å²) in [5.41, 5.74) is 5.09. The van der Waals surface area contributed by atoms with E-state index in [1.807, 2.05) is 0 Å². The van der Waals surface area contributed by atoms with Gasteiger partial charge in [-0.2, -0.15) is 0 Å². The number of amides is 1. The summed E-state index contributed by atoms with van der Waals surface area (Å²) in [6.07, 6.45) is 4.23. The first-order valence-electron chi connectivity index (χ1n) is 5.94. The highest BCUT2D eigenvalue weighted by atomic mass is 16.5. The number of aromatic nitrogens is 1. The maximum Gasteiger partial charge on any atom is 0.257 e. The van der Waals surface area contributed by atoms with Gasteiger partial charge in [0, 0.05) is 38.2 Å². The van der Waals surface area contributed by atoms with Crippen molar-refractivity contribution >= 4 is 5.91 Å². The summed E-state index contributed by atoms with van der Waals surface area (Å²) < 4.78 is 5.26. The van der Waals surface area contributed by atoms with Gasteiger partial charge >= 0.3 is 0 Å². The largest absolute Gasteiger partial charge is 0.381 e. The van der Waals surface area contributed by atoms with Gasteiger partial charge in [-0.3, -0.25) is 9.59 Å². The molecule has 0 spiro atoms. The van der Waals surface area contributed by atoms with E-state index >= 15 is 0 Å². The first kappa shape index (κ1) is 12.8. The van der Waals surface area contributed by atoms with Gasteiger partial charge in [0.1, 0.15) is 5.56 Å². The highest BCUT2D eigenvalue weighted by Gasteiger charge is 2.33. The average molecular weight is 251 g/mol. The molecule has 6 nitrogen and oxygen atoms in total. The molecule has 1 fully saturated rings. The lowest BCUT2D eigenvalue weighted by Crippen LogP contribution is -2.57. The van der Waals surface area contributed by atoms with E-state index in [1.54, 1.807) is 0 Å². The van der Waals surface area contributed by atoms with Crippen molar-refractivity contribution in [1.82, 2.24) is 10.3 Å². The van der Waals surface area contributed by atoms with Crippen molar-refractivity contribution < 1.29 is 9.53 Å². The average Bonchev–Trinajstić information content (AvgIpc) is 2.40. The van der Waals surface area contributed by atoms with Crippen LogP contribution in [0.15, 0.2) is 23.3 Å². The van der Waals surface area contributed by atoms with E-state index in [2.05, 4.69) is 10.3 Å². The lowest BCUT2D eigenvalue weighted by atomic mass is 9.90. The maximum absolute atomic E-state index is 12.1. The standard InChI is InChI=1S/C12H17N3O3/c13-8-12(2-5-18-6-3-12)15-11(17)9-7-14-4-1-10(9)16/h1,4,7H,2-3,5-6,8,13H2,(H,14,16)(H,15,17). The fourth-order valence-electron chi connectivity index (χ4n) is 2.04. The Morgan fingerprint density at radius 2 is 2.22 bits per heavy atom. The molecular weight excluding hydrogens is 234 g/mol. The fourth-order valence-corrected chi connectivity index (χ4v) is 2.04. The fraction of sp³-hybridized carbons (Fsp3) is 0.500. The Kier molecular flexibility index (Phi) is 3.78. The van der Waals surface area contributed by atoms with Crippen LogP contribution in [-0.2, 0) is 4.74 Å². The van der Waals surface area contributed by atoms with Gasteiger partial charge in [-0.15, -0.1) is 0 Å². The van der Waals surface area contributed by atoms with E-state index in [1.165, 1.54) is 18.5 Å². The summed E-state index contributed by atoms with van der Waals surface area (Å²) in [5, 5.41) is 2.88. The number of hydrogen-bond donors (Lipinski definition) is 3. The first-order valence-corrected chi connectivity index (χ1v) is 5.94. The molecule has 18 heavy (non-hydrogen) atoms. The van der Waals surface area contributed by atoms with Gasteiger partial charge in [-0.05, 0) is 12.8 Å². The van der Waals surface area contributed by atoms with Crippen molar-refractivity contribution in [3.05, 3.63) is 34.2 Å². The molecule has 1 amide bonds. The highest BCUT2D eigenvalue weighted by molar-refractivity contribution is 5.94. The molecule has 1 aromatic heterocycles. The molecule has 1 aliphatic rings. The molecule has 0 radical (unpaired) electrons. The van der Waals surface area contributed by atoms with Crippen LogP contribution in [0, 0.1) is 0 Å². The summed E-state index contributed by atoms with van der Waals surface area (Å²) in [4.78, 5) is 26.4. The van der Waals surface area contributed by atoms with Gasteiger partial charge in [-0.25, -0.2) is 0 Å². The van der Waals surface area contributed by atoms with Crippen LogP contribution in [-0.4, -0.2) is 36.2 Å². The quantitative estimate of drug-likeness (QED) is 0.681. The van der Waals surface area contributed by atoms with Gasteiger partial charge in [0.25, 0.3) is 5.91 Å². The van der Waals surface area contributed by atoms with Crippen LogP contribution >= 0.6 is 0 Å². The molecule has 0 bridgehead atoms. The zero-order chi connectivity index (χ0) is 13.0. The second-order valence-corrected chi connectivity index (χ2v) is 4.47. The number of rotatable bonds is 3. The predicted octanol–water partition coefficient (Wildman–Crippen LogP) is -0.387. The van der Waals surface area contributed by atoms with Crippen LogP contribution in [0.1, 0.15) is 23.2 Å². The van der Waals surface area contributed by atoms with Crippen molar-refractivity contribution in [1.29, 1.82) is 0 Å². The molecule has 0 saturated carbocycles. The minimum Gasteiger partial charge on any atom is -0.381 e. The smallest absolute Gasteiger partial charge is 0.257 e. The lowest BCUT2D eigenvalue weighted by molar-refractivity contribution is 0.0388. The molecule has 0 aliphatic carbocycles. The molecule has 1 aliphatic heterocycles. The molecule has 0 unspecified atom stereocenters. The number of carbonyl (C=O) groups excluding carboxylic acids is 1. The van der Waals surface area contributed by atoms with Crippen molar-refractivity contribution in [3.8, 4) is 0 Å². The second-order valence-electron chi connectivity index (χ2n) is 4.47. The molecule has 2 rings (SSSR count). The van der Waals surface area contributed by atoms with Gasteiger partial charge in [0.15, 0.2) is 5.43 Å². The predicted molar refractivity (Wildman–Crippen MR) is 66.4 cm³/mol. The second kappa shape index (κ2) is 5.32.